The van der Waals surface area contributed by atoms with Gasteiger partial charge in [0.1, 0.15) is 4.90 Å². The molecule has 2 aliphatic rings. The zero-order chi connectivity index (χ0) is 22.2. The fraction of sp³-hybridized carbons (Fsp3) is 0.316. The molecule has 1 saturated heterocycles. The first-order chi connectivity index (χ1) is 14.8. The Morgan fingerprint density at radius 1 is 1.23 bits per heavy atom. The number of amidine groups is 1. The fourth-order valence-corrected chi connectivity index (χ4v) is 5.64. The first-order valence-corrected chi connectivity index (χ1v) is 11.7. The van der Waals surface area contributed by atoms with Crippen molar-refractivity contribution < 1.29 is 23.1 Å². The third kappa shape index (κ3) is 4.31. The highest BCUT2D eigenvalue weighted by Gasteiger charge is 2.33. The number of piperazine rings is 1. The average Bonchev–Trinajstić information content (AvgIpc) is 3.36. The van der Waals surface area contributed by atoms with Gasteiger partial charge in [-0.15, -0.1) is 0 Å². The molecule has 2 aromatic rings. The molecule has 0 aliphatic carbocycles. The van der Waals surface area contributed by atoms with E-state index in [0.717, 1.165) is 0 Å². The van der Waals surface area contributed by atoms with Crippen molar-refractivity contribution in [1.29, 1.82) is 0 Å². The molecule has 1 amide bonds. The normalized spacial score (nSPS) is 19.2. The van der Waals surface area contributed by atoms with Crippen LogP contribution in [0.5, 0.6) is 11.5 Å². The van der Waals surface area contributed by atoms with Crippen LogP contribution in [0.4, 0.5) is 0 Å². The van der Waals surface area contributed by atoms with Gasteiger partial charge in [-0.1, -0.05) is 6.07 Å². The molecule has 3 heterocycles. The first-order valence-electron chi connectivity index (χ1n) is 9.41. The molecule has 0 spiro atoms. The third-order valence-corrected chi connectivity index (χ3v) is 7.83. The summed E-state index contributed by atoms with van der Waals surface area (Å²) in [6.07, 6.45) is 4.51. The van der Waals surface area contributed by atoms with E-state index in [4.69, 9.17) is 4.74 Å². The van der Waals surface area contributed by atoms with Crippen molar-refractivity contribution in [3.63, 3.8) is 0 Å². The number of nitrogens with zero attached hydrogens (tertiary/aromatic N) is 5. The number of rotatable bonds is 4. The van der Waals surface area contributed by atoms with Crippen LogP contribution in [0.2, 0.25) is 0 Å². The molecule has 164 valence electrons. The summed E-state index contributed by atoms with van der Waals surface area (Å²) in [6, 6.07) is 4.81. The Kier molecular flexibility index (Phi) is 5.77. The molecule has 0 unspecified atom stereocenters. The Balaban J connectivity index is 1.42. The molecule has 0 saturated carbocycles. The van der Waals surface area contributed by atoms with Crippen molar-refractivity contribution in [3.05, 3.63) is 41.1 Å². The fourth-order valence-electron chi connectivity index (χ4n) is 3.27. The summed E-state index contributed by atoms with van der Waals surface area (Å²) in [7, 11) is -0.470. The SMILES string of the molecule is COc1cc(C=C2SC(N3CCN(S(=O)(=O)c4cnn(C)c4)CC3)=NC2=O)ccc1O. The number of aromatic nitrogens is 2. The molecular weight excluding hydrogens is 442 g/mol. The minimum Gasteiger partial charge on any atom is -0.504 e. The van der Waals surface area contributed by atoms with Crippen molar-refractivity contribution in [2.75, 3.05) is 33.3 Å². The van der Waals surface area contributed by atoms with E-state index in [2.05, 4.69) is 10.1 Å². The van der Waals surface area contributed by atoms with Gasteiger partial charge in [-0.25, -0.2) is 8.42 Å². The second-order valence-electron chi connectivity index (χ2n) is 6.98. The van der Waals surface area contributed by atoms with Crippen molar-refractivity contribution in [2.24, 2.45) is 12.0 Å². The number of aromatic hydroxyl groups is 1. The molecular formula is C19H21N5O5S2. The number of carbonyl (C=O) groups is 1. The monoisotopic (exact) mass is 463 g/mol. The largest absolute Gasteiger partial charge is 0.504 e. The Hall–Kier alpha value is -2.83. The van der Waals surface area contributed by atoms with Gasteiger partial charge in [0.05, 0.1) is 18.2 Å². The van der Waals surface area contributed by atoms with Crippen LogP contribution in [0.15, 0.2) is 45.4 Å². The van der Waals surface area contributed by atoms with Gasteiger partial charge in [0.25, 0.3) is 5.91 Å². The van der Waals surface area contributed by atoms with Gasteiger partial charge in [0, 0.05) is 39.4 Å². The molecule has 1 fully saturated rings. The molecule has 10 nitrogen and oxygen atoms in total. The van der Waals surface area contributed by atoms with Crippen LogP contribution in [0.3, 0.4) is 0 Å². The quantitative estimate of drug-likeness (QED) is 0.670. The summed E-state index contributed by atoms with van der Waals surface area (Å²) in [5, 5.41) is 14.2. The maximum Gasteiger partial charge on any atom is 0.286 e. The van der Waals surface area contributed by atoms with Crippen LogP contribution < -0.4 is 4.74 Å². The van der Waals surface area contributed by atoms with Gasteiger partial charge >= 0.3 is 0 Å². The molecule has 0 radical (unpaired) electrons. The van der Waals surface area contributed by atoms with Crippen LogP contribution in [0.25, 0.3) is 6.08 Å². The van der Waals surface area contributed by atoms with E-state index in [1.165, 1.54) is 46.3 Å². The minimum atomic E-state index is -3.59. The van der Waals surface area contributed by atoms with Gasteiger partial charge in [-0.3, -0.25) is 9.48 Å². The number of hydrogen-bond donors (Lipinski definition) is 1. The number of ether oxygens (including phenoxy) is 1. The molecule has 4 rings (SSSR count). The second-order valence-corrected chi connectivity index (χ2v) is 9.93. The lowest BCUT2D eigenvalue weighted by Gasteiger charge is -2.34. The van der Waals surface area contributed by atoms with E-state index < -0.39 is 10.0 Å². The summed E-state index contributed by atoms with van der Waals surface area (Å²) in [5.74, 6) is -0.0135. The Bertz CT molecular complexity index is 1180. The van der Waals surface area contributed by atoms with Crippen LogP contribution in [0, 0.1) is 0 Å². The smallest absolute Gasteiger partial charge is 0.286 e. The second kappa shape index (κ2) is 8.36. The number of phenolic OH excluding ortho intramolecular Hbond substituents is 1. The first kappa shape index (κ1) is 21.4. The van der Waals surface area contributed by atoms with Gasteiger partial charge < -0.3 is 14.7 Å². The third-order valence-electron chi connectivity index (χ3n) is 4.94. The molecule has 31 heavy (non-hydrogen) atoms. The summed E-state index contributed by atoms with van der Waals surface area (Å²) in [6.45, 7) is 1.44. The topological polar surface area (TPSA) is 117 Å². The summed E-state index contributed by atoms with van der Waals surface area (Å²) >= 11 is 1.25. The molecule has 0 bridgehead atoms. The van der Waals surface area contributed by atoms with E-state index in [-0.39, 0.29) is 16.6 Å². The van der Waals surface area contributed by atoms with Gasteiger partial charge in [0.2, 0.25) is 10.0 Å². The maximum atomic E-state index is 12.7. The van der Waals surface area contributed by atoms with Crippen LogP contribution >= 0.6 is 11.8 Å². The summed E-state index contributed by atoms with van der Waals surface area (Å²) in [5.41, 5.74) is 0.703. The maximum absolute atomic E-state index is 12.7. The van der Waals surface area contributed by atoms with Crippen molar-refractivity contribution >= 4 is 38.9 Å². The lowest BCUT2D eigenvalue weighted by molar-refractivity contribution is -0.113. The van der Waals surface area contributed by atoms with E-state index >= 15 is 0 Å². The molecule has 1 N–H and O–H groups in total. The van der Waals surface area contributed by atoms with Crippen molar-refractivity contribution in [1.82, 2.24) is 19.0 Å². The van der Waals surface area contributed by atoms with E-state index in [9.17, 15) is 18.3 Å². The highest BCUT2D eigenvalue weighted by molar-refractivity contribution is 8.18. The van der Waals surface area contributed by atoms with E-state index in [0.29, 0.717) is 47.6 Å². The zero-order valence-corrected chi connectivity index (χ0v) is 18.6. The number of benzene rings is 1. The average molecular weight is 464 g/mol. The molecule has 1 aromatic heterocycles. The number of aliphatic imine (C=N–C) groups is 1. The standard InChI is InChI=1S/C19H21N5O5S2/c1-22-12-14(11-20-22)31(27,28)24-7-5-23(6-8-24)19-21-18(26)17(30-19)10-13-3-4-15(25)16(9-13)29-2/h3-4,9-12,25H,5-8H2,1-2H3. The number of amides is 1. The Morgan fingerprint density at radius 3 is 2.61 bits per heavy atom. The van der Waals surface area contributed by atoms with Gasteiger partial charge in [0.15, 0.2) is 16.7 Å². The number of thioether (sulfide) groups is 1. The predicted molar refractivity (Wildman–Crippen MR) is 116 cm³/mol. The lowest BCUT2D eigenvalue weighted by atomic mass is 10.2. The number of hydrogen-bond acceptors (Lipinski definition) is 8. The number of aryl methyl sites for hydroxylation is 1. The molecule has 0 atom stereocenters. The Morgan fingerprint density at radius 2 is 1.97 bits per heavy atom. The minimum absolute atomic E-state index is 0.0195. The Labute approximate surface area is 183 Å². The van der Waals surface area contributed by atoms with E-state index in [1.807, 2.05) is 4.90 Å². The molecule has 1 aromatic carbocycles. The predicted octanol–water partition coefficient (Wildman–Crippen LogP) is 1.11. The van der Waals surface area contributed by atoms with Crippen LogP contribution in [-0.4, -0.2) is 76.9 Å². The zero-order valence-electron chi connectivity index (χ0n) is 16.9. The number of carbonyl (C=O) groups excluding carboxylic acids is 1. The molecule has 12 heteroatoms. The summed E-state index contributed by atoms with van der Waals surface area (Å²) in [4.78, 5) is 19.0. The van der Waals surface area contributed by atoms with Crippen molar-refractivity contribution in [2.45, 2.75) is 4.90 Å². The van der Waals surface area contributed by atoms with Gasteiger partial charge in [-0.2, -0.15) is 14.4 Å². The highest BCUT2D eigenvalue weighted by atomic mass is 32.2. The van der Waals surface area contributed by atoms with Crippen LogP contribution in [0.1, 0.15) is 5.56 Å². The molecule has 2 aliphatic heterocycles. The van der Waals surface area contributed by atoms with Crippen LogP contribution in [-0.2, 0) is 21.9 Å². The number of sulfonamides is 1. The number of methoxy groups -OCH3 is 1. The highest BCUT2D eigenvalue weighted by Crippen LogP contribution is 2.33. The number of phenols is 1. The van der Waals surface area contributed by atoms with E-state index in [1.54, 1.807) is 25.3 Å². The van der Waals surface area contributed by atoms with Gasteiger partial charge in [-0.05, 0) is 35.5 Å². The van der Waals surface area contributed by atoms with Crippen molar-refractivity contribution in [3.8, 4) is 11.5 Å². The lowest BCUT2D eigenvalue weighted by Crippen LogP contribution is -2.49. The summed E-state index contributed by atoms with van der Waals surface area (Å²) < 4.78 is 33.4.